The fourth-order valence-electron chi connectivity index (χ4n) is 2.31. The van der Waals surface area contributed by atoms with Gasteiger partial charge in [-0.25, -0.2) is 0 Å². The van der Waals surface area contributed by atoms with E-state index in [1.54, 1.807) is 48.5 Å². The Morgan fingerprint density at radius 2 is 1.64 bits per heavy atom. The Bertz CT molecular complexity index is 799. The van der Waals surface area contributed by atoms with Crippen LogP contribution in [0.4, 0.5) is 11.4 Å². The quantitative estimate of drug-likeness (QED) is 0.547. The van der Waals surface area contributed by atoms with E-state index in [0.29, 0.717) is 24.4 Å². The molecular weight excluding hydrogens is 354 g/mol. The van der Waals surface area contributed by atoms with Crippen LogP contribution in [0.25, 0.3) is 0 Å². The lowest BCUT2D eigenvalue weighted by Crippen LogP contribution is -2.24. The minimum absolute atomic E-state index is 0.0955. The number of amides is 2. The van der Waals surface area contributed by atoms with Crippen molar-refractivity contribution in [3.8, 4) is 5.75 Å². The summed E-state index contributed by atoms with van der Waals surface area (Å²) in [7, 11) is 0. The first-order valence-electron chi connectivity index (χ1n) is 9.27. The Morgan fingerprint density at radius 1 is 1.00 bits per heavy atom. The maximum absolute atomic E-state index is 12.1. The van der Waals surface area contributed by atoms with Crippen LogP contribution in [0.2, 0.25) is 0 Å². The molecule has 0 heterocycles. The van der Waals surface area contributed by atoms with E-state index in [1.165, 1.54) is 0 Å². The van der Waals surface area contributed by atoms with Gasteiger partial charge in [0.15, 0.2) is 0 Å². The zero-order valence-corrected chi connectivity index (χ0v) is 16.4. The van der Waals surface area contributed by atoms with Gasteiger partial charge in [-0.05, 0) is 67.4 Å². The molecule has 28 heavy (non-hydrogen) atoms. The predicted molar refractivity (Wildman–Crippen MR) is 113 cm³/mol. The summed E-state index contributed by atoms with van der Waals surface area (Å²) in [6, 6.07) is 14.2. The van der Waals surface area contributed by atoms with Crippen LogP contribution < -0.4 is 20.7 Å². The highest BCUT2D eigenvalue weighted by molar-refractivity contribution is 5.95. The summed E-state index contributed by atoms with van der Waals surface area (Å²) in [5.41, 5.74) is 3.00. The van der Waals surface area contributed by atoms with Crippen LogP contribution >= 0.6 is 0 Å². The highest BCUT2D eigenvalue weighted by atomic mass is 16.5. The number of rotatable bonds is 10. The van der Waals surface area contributed by atoms with E-state index in [-0.39, 0.29) is 18.4 Å². The van der Waals surface area contributed by atoms with E-state index in [0.717, 1.165) is 23.4 Å². The van der Waals surface area contributed by atoms with Gasteiger partial charge in [-0.2, -0.15) is 0 Å². The van der Waals surface area contributed by atoms with Gasteiger partial charge in [0.05, 0.1) is 6.54 Å². The van der Waals surface area contributed by atoms with E-state index in [1.807, 2.05) is 13.8 Å². The van der Waals surface area contributed by atoms with Crippen molar-refractivity contribution < 1.29 is 14.3 Å². The maximum atomic E-state index is 12.1. The molecule has 2 rings (SSSR count). The van der Waals surface area contributed by atoms with Crippen LogP contribution in [-0.2, 0) is 4.79 Å². The Kier molecular flexibility index (Phi) is 8.09. The molecule has 148 valence electrons. The van der Waals surface area contributed by atoms with E-state index in [2.05, 4.69) is 22.5 Å². The van der Waals surface area contributed by atoms with Crippen molar-refractivity contribution in [2.45, 2.75) is 20.3 Å². The minimum atomic E-state index is -0.166. The average Bonchev–Trinajstić information content (AvgIpc) is 2.70. The lowest BCUT2D eigenvalue weighted by Gasteiger charge is -2.10. The van der Waals surface area contributed by atoms with Crippen LogP contribution in [-0.4, -0.2) is 31.5 Å². The van der Waals surface area contributed by atoms with Gasteiger partial charge in [-0.3, -0.25) is 9.59 Å². The van der Waals surface area contributed by atoms with Crippen molar-refractivity contribution >= 4 is 23.2 Å². The second-order valence-corrected chi connectivity index (χ2v) is 6.51. The molecule has 0 unspecified atom stereocenters. The van der Waals surface area contributed by atoms with Crippen molar-refractivity contribution in [3.05, 3.63) is 66.2 Å². The van der Waals surface area contributed by atoms with Crippen molar-refractivity contribution in [1.82, 2.24) is 5.32 Å². The molecule has 0 saturated carbocycles. The van der Waals surface area contributed by atoms with Crippen LogP contribution in [0.3, 0.4) is 0 Å². The van der Waals surface area contributed by atoms with Crippen molar-refractivity contribution in [2.24, 2.45) is 0 Å². The monoisotopic (exact) mass is 381 g/mol. The third-order valence-corrected chi connectivity index (χ3v) is 3.76. The molecule has 0 spiro atoms. The fraction of sp³-hybridized carbons (Fsp3) is 0.273. The zero-order chi connectivity index (χ0) is 20.4. The second kappa shape index (κ2) is 10.8. The number of anilines is 2. The topological polar surface area (TPSA) is 79.5 Å². The molecule has 0 radical (unpaired) electrons. The first kappa shape index (κ1) is 21.0. The smallest absolute Gasteiger partial charge is 0.251 e. The highest BCUT2D eigenvalue weighted by Gasteiger charge is 2.06. The van der Waals surface area contributed by atoms with Crippen molar-refractivity contribution in [2.75, 3.05) is 30.3 Å². The van der Waals surface area contributed by atoms with Gasteiger partial charge in [0.25, 0.3) is 5.91 Å². The fourth-order valence-corrected chi connectivity index (χ4v) is 2.31. The van der Waals surface area contributed by atoms with Crippen LogP contribution in [0.5, 0.6) is 5.75 Å². The first-order chi connectivity index (χ1) is 13.5. The molecule has 0 aliphatic rings. The Labute approximate surface area is 166 Å². The average molecular weight is 381 g/mol. The Balaban J connectivity index is 1.79. The van der Waals surface area contributed by atoms with Crippen LogP contribution in [0.15, 0.2) is 60.7 Å². The number of ether oxygens (including phenoxy) is 1. The predicted octanol–water partition coefficient (Wildman–Crippen LogP) is 3.83. The summed E-state index contributed by atoms with van der Waals surface area (Å²) >= 11 is 0. The molecule has 0 aliphatic heterocycles. The molecule has 0 aromatic heterocycles. The van der Waals surface area contributed by atoms with Gasteiger partial charge in [0, 0.05) is 23.5 Å². The molecule has 2 amide bonds. The normalized spacial score (nSPS) is 10.1. The number of carbonyl (C=O) groups excluding carboxylic acids is 2. The summed E-state index contributed by atoms with van der Waals surface area (Å²) in [6.45, 7) is 8.93. The van der Waals surface area contributed by atoms with Gasteiger partial charge in [-0.1, -0.05) is 13.5 Å². The van der Waals surface area contributed by atoms with Gasteiger partial charge in [0.2, 0.25) is 5.91 Å². The van der Waals surface area contributed by atoms with Gasteiger partial charge < -0.3 is 20.7 Å². The lowest BCUT2D eigenvalue weighted by atomic mass is 10.2. The Hall–Kier alpha value is -3.28. The molecule has 6 nitrogen and oxygen atoms in total. The molecule has 3 N–H and O–H groups in total. The standard InChI is InChI=1S/C22H27N3O3/c1-4-13-23-22(27)17-5-7-18(8-6-17)24-14-21(26)25-19-9-11-20(12-10-19)28-15-16(2)3/h5-12,24H,2,4,13-15H2,1,3H3,(H,23,27)(H,25,26). The van der Waals surface area contributed by atoms with Crippen molar-refractivity contribution in [1.29, 1.82) is 0 Å². The van der Waals surface area contributed by atoms with E-state index >= 15 is 0 Å². The molecule has 0 saturated heterocycles. The highest BCUT2D eigenvalue weighted by Crippen LogP contribution is 2.16. The largest absolute Gasteiger partial charge is 0.489 e. The summed E-state index contributed by atoms with van der Waals surface area (Å²) in [5.74, 6) is 0.462. The molecular formula is C22H27N3O3. The van der Waals surface area contributed by atoms with Gasteiger partial charge in [0.1, 0.15) is 12.4 Å². The number of hydrogen-bond acceptors (Lipinski definition) is 4. The van der Waals surface area contributed by atoms with E-state index in [4.69, 9.17) is 4.74 Å². The SMILES string of the molecule is C=C(C)COc1ccc(NC(=O)CNc2ccc(C(=O)NCCC)cc2)cc1. The molecule has 0 aliphatic carbocycles. The second-order valence-electron chi connectivity index (χ2n) is 6.51. The van der Waals surface area contributed by atoms with E-state index in [9.17, 15) is 9.59 Å². The van der Waals surface area contributed by atoms with Crippen LogP contribution in [0.1, 0.15) is 30.6 Å². The number of nitrogens with one attached hydrogen (secondary N) is 3. The molecule has 0 atom stereocenters. The van der Waals surface area contributed by atoms with Gasteiger partial charge in [-0.15, -0.1) is 0 Å². The number of hydrogen-bond donors (Lipinski definition) is 3. The van der Waals surface area contributed by atoms with Crippen LogP contribution in [0, 0.1) is 0 Å². The number of carbonyl (C=O) groups is 2. The molecule has 0 bridgehead atoms. The zero-order valence-electron chi connectivity index (χ0n) is 16.4. The molecule has 2 aromatic carbocycles. The Morgan fingerprint density at radius 3 is 2.25 bits per heavy atom. The lowest BCUT2D eigenvalue weighted by molar-refractivity contribution is -0.114. The molecule has 2 aromatic rings. The minimum Gasteiger partial charge on any atom is -0.489 e. The first-order valence-corrected chi connectivity index (χ1v) is 9.27. The summed E-state index contributed by atoms with van der Waals surface area (Å²) < 4.78 is 5.53. The van der Waals surface area contributed by atoms with Gasteiger partial charge >= 0.3 is 0 Å². The maximum Gasteiger partial charge on any atom is 0.251 e. The van der Waals surface area contributed by atoms with Crippen molar-refractivity contribution in [3.63, 3.8) is 0 Å². The third-order valence-electron chi connectivity index (χ3n) is 3.76. The summed E-state index contributed by atoms with van der Waals surface area (Å²) in [5, 5.41) is 8.68. The number of benzene rings is 2. The van der Waals surface area contributed by atoms with E-state index < -0.39 is 0 Å². The molecule has 0 fully saturated rings. The summed E-state index contributed by atoms with van der Waals surface area (Å²) in [6.07, 6.45) is 0.894. The summed E-state index contributed by atoms with van der Waals surface area (Å²) in [4.78, 5) is 24.0. The third kappa shape index (κ3) is 7.15. The molecule has 6 heteroatoms.